The maximum atomic E-state index is 14.0. The van der Waals surface area contributed by atoms with Crippen LogP contribution >= 0.6 is 0 Å². The molecule has 0 bridgehead atoms. The Kier molecular flexibility index (Phi) is 12.4. The molecule has 1 unspecified atom stereocenters. The lowest BCUT2D eigenvalue weighted by atomic mass is 9.82. The Balaban J connectivity index is 2.02. The molecule has 0 radical (unpaired) electrons. The molecule has 3 N–H and O–H groups in total. The molecule has 13 heteroatoms. The molecule has 242 valence electrons. The zero-order valence-electron chi connectivity index (χ0n) is 25.5. The summed E-state index contributed by atoms with van der Waals surface area (Å²) >= 11 is 0. The minimum absolute atomic E-state index is 0.0172. The zero-order chi connectivity index (χ0) is 33.4. The Morgan fingerprint density at radius 1 is 0.932 bits per heavy atom. The van der Waals surface area contributed by atoms with Crippen LogP contribution in [0.3, 0.4) is 0 Å². The number of aliphatic hydroxyl groups is 1. The van der Waals surface area contributed by atoms with Gasteiger partial charge < -0.3 is 25.2 Å². The molecule has 0 aromatic heterocycles. The second kappa shape index (κ2) is 15.1. The van der Waals surface area contributed by atoms with Crippen LogP contribution in [0.1, 0.15) is 65.5 Å². The summed E-state index contributed by atoms with van der Waals surface area (Å²) in [5, 5.41) is 15.3. The van der Waals surface area contributed by atoms with Crippen molar-refractivity contribution in [2.24, 2.45) is 0 Å². The molecular formula is C31H38F4N2O7. The van der Waals surface area contributed by atoms with E-state index in [9.17, 15) is 41.8 Å². The Bertz CT molecular complexity index is 1340. The fourth-order valence-electron chi connectivity index (χ4n) is 4.14. The number of nitrogens with one attached hydrogen (secondary N) is 2. The molecule has 2 amide bonds. The zero-order valence-corrected chi connectivity index (χ0v) is 25.5. The van der Waals surface area contributed by atoms with Crippen molar-refractivity contribution in [1.29, 1.82) is 0 Å². The Hall–Kier alpha value is -4.00. The van der Waals surface area contributed by atoms with Gasteiger partial charge in [0.1, 0.15) is 18.3 Å². The van der Waals surface area contributed by atoms with Crippen molar-refractivity contribution in [3.8, 4) is 5.75 Å². The summed E-state index contributed by atoms with van der Waals surface area (Å²) in [7, 11) is 0. The molecule has 0 aliphatic carbocycles. The van der Waals surface area contributed by atoms with E-state index in [2.05, 4.69) is 10.6 Å². The van der Waals surface area contributed by atoms with Crippen molar-refractivity contribution in [2.45, 2.75) is 84.0 Å². The molecule has 9 nitrogen and oxygen atoms in total. The lowest BCUT2D eigenvalue weighted by Crippen LogP contribution is -2.48. The highest BCUT2D eigenvalue weighted by Gasteiger charge is 2.29. The van der Waals surface area contributed by atoms with Gasteiger partial charge in [0, 0.05) is 25.5 Å². The minimum atomic E-state index is -1.84. The van der Waals surface area contributed by atoms with E-state index in [1.807, 2.05) is 32.9 Å². The molecule has 2 aromatic carbocycles. The van der Waals surface area contributed by atoms with Gasteiger partial charge in [-0.25, -0.2) is 8.78 Å². The summed E-state index contributed by atoms with van der Waals surface area (Å²) in [6.45, 7) is 9.41. The van der Waals surface area contributed by atoms with Crippen LogP contribution in [0.2, 0.25) is 0 Å². The summed E-state index contributed by atoms with van der Waals surface area (Å²) in [6, 6.07) is 5.78. The average Bonchev–Trinajstić information content (AvgIpc) is 2.90. The minimum Gasteiger partial charge on any atom is -0.485 e. The predicted molar refractivity (Wildman–Crippen MR) is 152 cm³/mol. The SMILES string of the molecule is CC(C)(C)OC(=O)C[C@H](NC(=O)CCNC(=O)C(=O)Cc1ccccc1C(C)(C)C)C(O)COc1c(F)c(F)cc(F)c1F. The van der Waals surface area contributed by atoms with Crippen LogP contribution in [0.5, 0.6) is 5.75 Å². The number of ether oxygens (including phenoxy) is 2. The molecule has 0 aliphatic heterocycles. The van der Waals surface area contributed by atoms with Gasteiger partial charge in [-0.15, -0.1) is 0 Å². The first-order chi connectivity index (χ1) is 20.3. The third kappa shape index (κ3) is 10.9. The molecule has 2 rings (SSSR count). The highest BCUT2D eigenvalue weighted by atomic mass is 19.2. The van der Waals surface area contributed by atoms with Crippen LogP contribution in [0.25, 0.3) is 0 Å². The number of carbonyl (C=O) groups excluding carboxylic acids is 4. The summed E-state index contributed by atoms with van der Waals surface area (Å²) in [4.78, 5) is 50.0. The van der Waals surface area contributed by atoms with Gasteiger partial charge >= 0.3 is 5.97 Å². The summed E-state index contributed by atoms with van der Waals surface area (Å²) < 4.78 is 64.9. The largest absolute Gasteiger partial charge is 0.485 e. The molecule has 2 atom stereocenters. The van der Waals surface area contributed by atoms with E-state index in [-0.39, 0.29) is 30.9 Å². The van der Waals surface area contributed by atoms with Crippen LogP contribution < -0.4 is 15.4 Å². The number of hydrogen-bond donors (Lipinski definition) is 3. The van der Waals surface area contributed by atoms with Crippen LogP contribution in [-0.2, 0) is 35.8 Å². The molecule has 0 fully saturated rings. The number of Topliss-reactive ketones (excluding diaryl/α,β-unsaturated/α-hetero) is 1. The standard InChI is InChI=1S/C31H38F4N2O7/c1-30(2,3)18-10-8-7-9-17(18)13-22(38)29(42)36-12-11-24(40)37-21(15-25(41)44-31(4,5)6)23(39)16-43-28-26(34)19(32)14-20(33)27(28)35/h7-10,14,21,23,39H,11-13,15-16H2,1-6H3,(H,36,42)(H,37,40)/t21-,23?/m0/s1. The highest BCUT2D eigenvalue weighted by Crippen LogP contribution is 2.27. The van der Waals surface area contributed by atoms with Gasteiger partial charge in [-0.05, 0) is 37.3 Å². The molecule has 2 aromatic rings. The molecule has 0 aliphatic rings. The lowest BCUT2D eigenvalue weighted by Gasteiger charge is -2.26. The van der Waals surface area contributed by atoms with Gasteiger partial charge in [-0.1, -0.05) is 45.0 Å². The third-order valence-corrected chi connectivity index (χ3v) is 6.15. The number of aliphatic hydroxyl groups excluding tert-OH is 1. The van der Waals surface area contributed by atoms with Crippen LogP contribution in [0.4, 0.5) is 17.6 Å². The van der Waals surface area contributed by atoms with Crippen molar-refractivity contribution in [3.63, 3.8) is 0 Å². The van der Waals surface area contributed by atoms with Crippen molar-refractivity contribution in [1.82, 2.24) is 10.6 Å². The first-order valence-electron chi connectivity index (χ1n) is 13.8. The van der Waals surface area contributed by atoms with Gasteiger partial charge in [0.2, 0.25) is 23.3 Å². The second-order valence-electron chi connectivity index (χ2n) is 12.2. The topological polar surface area (TPSA) is 131 Å². The number of esters is 1. The van der Waals surface area contributed by atoms with Crippen molar-refractivity contribution >= 4 is 23.6 Å². The number of halogens is 4. The summed E-state index contributed by atoms with van der Waals surface area (Å²) in [5.74, 6) is -11.8. The smallest absolute Gasteiger partial charge is 0.308 e. The third-order valence-electron chi connectivity index (χ3n) is 6.15. The van der Waals surface area contributed by atoms with Gasteiger partial charge in [-0.2, -0.15) is 8.78 Å². The summed E-state index contributed by atoms with van der Waals surface area (Å²) in [5.41, 5.74) is 0.418. The van der Waals surface area contributed by atoms with Crippen LogP contribution in [0.15, 0.2) is 30.3 Å². The van der Waals surface area contributed by atoms with Crippen LogP contribution in [0, 0.1) is 23.3 Å². The van der Waals surface area contributed by atoms with Crippen molar-refractivity contribution in [2.75, 3.05) is 13.2 Å². The number of rotatable bonds is 13. The van der Waals surface area contributed by atoms with E-state index in [0.29, 0.717) is 5.56 Å². The maximum absolute atomic E-state index is 14.0. The van der Waals surface area contributed by atoms with Crippen LogP contribution in [-0.4, -0.2) is 59.6 Å². The van der Waals surface area contributed by atoms with E-state index >= 15 is 0 Å². The average molecular weight is 627 g/mol. The molecule has 0 heterocycles. The number of hydrogen-bond acceptors (Lipinski definition) is 7. The van der Waals surface area contributed by atoms with Gasteiger partial charge in [0.05, 0.1) is 12.5 Å². The van der Waals surface area contributed by atoms with E-state index in [0.717, 1.165) is 5.56 Å². The highest BCUT2D eigenvalue weighted by molar-refractivity contribution is 6.36. The quantitative estimate of drug-likeness (QED) is 0.133. The Labute approximate surface area is 253 Å². The molecule has 0 saturated carbocycles. The normalized spacial score (nSPS) is 13.1. The molecule has 44 heavy (non-hydrogen) atoms. The number of carbonyl (C=O) groups is 4. The lowest BCUT2D eigenvalue weighted by molar-refractivity contribution is -0.156. The van der Waals surface area contributed by atoms with Gasteiger partial charge in [0.25, 0.3) is 5.91 Å². The number of amides is 2. The monoisotopic (exact) mass is 626 g/mol. The number of ketones is 1. The van der Waals surface area contributed by atoms with Gasteiger partial charge in [-0.3, -0.25) is 19.2 Å². The predicted octanol–water partition coefficient (Wildman–Crippen LogP) is 3.81. The fourth-order valence-corrected chi connectivity index (χ4v) is 4.14. The first kappa shape index (κ1) is 36.2. The maximum Gasteiger partial charge on any atom is 0.308 e. The summed E-state index contributed by atoms with van der Waals surface area (Å²) in [6.07, 6.45) is -2.95. The van der Waals surface area contributed by atoms with Crippen molar-refractivity contribution in [3.05, 3.63) is 64.7 Å². The fraction of sp³-hybridized carbons (Fsp3) is 0.484. The molecule has 0 spiro atoms. The number of benzene rings is 2. The van der Waals surface area contributed by atoms with E-state index in [4.69, 9.17) is 9.47 Å². The first-order valence-corrected chi connectivity index (χ1v) is 13.8. The van der Waals surface area contributed by atoms with Crippen molar-refractivity contribution < 1.29 is 51.3 Å². The Morgan fingerprint density at radius 2 is 1.52 bits per heavy atom. The van der Waals surface area contributed by atoms with E-state index in [1.54, 1.807) is 32.9 Å². The molecule has 0 saturated heterocycles. The van der Waals surface area contributed by atoms with E-state index < -0.39 is 83.4 Å². The molecular weight excluding hydrogens is 588 g/mol. The second-order valence-corrected chi connectivity index (χ2v) is 12.2. The van der Waals surface area contributed by atoms with E-state index in [1.165, 1.54) is 0 Å². The van der Waals surface area contributed by atoms with Gasteiger partial charge in [0.15, 0.2) is 17.4 Å². The Morgan fingerprint density at radius 3 is 2.09 bits per heavy atom.